The first-order valence-corrected chi connectivity index (χ1v) is 9.32. The number of amides is 1. The quantitative estimate of drug-likeness (QED) is 0.551. The van der Waals surface area contributed by atoms with Gasteiger partial charge in [0.15, 0.2) is 5.65 Å². The summed E-state index contributed by atoms with van der Waals surface area (Å²) in [6.07, 6.45) is 1.86. The zero-order valence-corrected chi connectivity index (χ0v) is 16.0. The largest absolute Gasteiger partial charge is 0.352 e. The van der Waals surface area contributed by atoms with Crippen molar-refractivity contribution in [1.29, 1.82) is 0 Å². The summed E-state index contributed by atoms with van der Waals surface area (Å²) in [7, 11) is 0. The van der Waals surface area contributed by atoms with Gasteiger partial charge in [0.05, 0.1) is 6.42 Å². The summed E-state index contributed by atoms with van der Waals surface area (Å²) >= 11 is 1.94. The van der Waals surface area contributed by atoms with E-state index in [4.69, 9.17) is 0 Å². The summed E-state index contributed by atoms with van der Waals surface area (Å²) in [5.41, 5.74) is 1.54. The topological polar surface area (TPSA) is 66.6 Å². The van der Waals surface area contributed by atoms with Gasteiger partial charge >= 0.3 is 0 Å². The van der Waals surface area contributed by atoms with Crippen molar-refractivity contribution in [3.63, 3.8) is 0 Å². The van der Waals surface area contributed by atoms with E-state index >= 15 is 0 Å². The number of carbonyl (C=O) groups excluding carboxylic acids is 1. The summed E-state index contributed by atoms with van der Waals surface area (Å²) in [6.45, 7) is 2.71. The highest BCUT2D eigenvalue weighted by molar-refractivity contribution is 14.1. The number of benzene rings is 1. The van der Waals surface area contributed by atoms with Crippen molar-refractivity contribution in [2.24, 2.45) is 0 Å². The van der Waals surface area contributed by atoms with Crippen molar-refractivity contribution in [3.8, 4) is 0 Å². The van der Waals surface area contributed by atoms with Gasteiger partial charge < -0.3 is 9.80 Å². The predicted molar refractivity (Wildman–Crippen MR) is 102 cm³/mol. The Bertz CT molecular complexity index is 953. The predicted octanol–water partition coefficient (Wildman–Crippen LogP) is 1.76. The SMILES string of the molecule is O=C(Cc1ccc(F)c(I)c1)N1CCN(c2ccc3nncn3n2)CC1. The van der Waals surface area contributed by atoms with Crippen LogP contribution < -0.4 is 4.90 Å². The summed E-state index contributed by atoms with van der Waals surface area (Å²) in [4.78, 5) is 16.5. The lowest BCUT2D eigenvalue weighted by molar-refractivity contribution is -0.130. The van der Waals surface area contributed by atoms with Gasteiger partial charge in [0.2, 0.25) is 5.91 Å². The first-order valence-electron chi connectivity index (χ1n) is 8.24. The third-order valence-electron chi connectivity index (χ3n) is 4.44. The smallest absolute Gasteiger partial charge is 0.227 e. The Morgan fingerprint density at radius 2 is 1.96 bits per heavy atom. The maximum atomic E-state index is 13.3. The molecule has 0 aliphatic carbocycles. The van der Waals surface area contributed by atoms with E-state index in [1.165, 1.54) is 6.07 Å². The van der Waals surface area contributed by atoms with Gasteiger partial charge in [-0.15, -0.1) is 15.3 Å². The second-order valence-electron chi connectivity index (χ2n) is 6.12. The highest BCUT2D eigenvalue weighted by atomic mass is 127. The summed E-state index contributed by atoms with van der Waals surface area (Å²) in [5.74, 6) is 0.653. The van der Waals surface area contributed by atoms with Crippen LogP contribution in [0.3, 0.4) is 0 Å². The normalized spacial score (nSPS) is 14.8. The number of carbonyl (C=O) groups is 1. The molecule has 1 amide bonds. The fourth-order valence-corrected chi connectivity index (χ4v) is 3.59. The molecule has 0 atom stereocenters. The molecule has 7 nitrogen and oxygen atoms in total. The van der Waals surface area contributed by atoms with Gasteiger partial charge in [0, 0.05) is 29.7 Å². The van der Waals surface area contributed by atoms with Gasteiger partial charge in [0.1, 0.15) is 18.0 Å². The molecule has 1 fully saturated rings. The molecule has 0 bridgehead atoms. The van der Waals surface area contributed by atoms with Crippen molar-refractivity contribution in [2.45, 2.75) is 6.42 Å². The van der Waals surface area contributed by atoms with Crippen LogP contribution in [0, 0.1) is 9.39 Å². The Balaban J connectivity index is 1.37. The lowest BCUT2D eigenvalue weighted by Gasteiger charge is -2.35. The molecule has 9 heteroatoms. The van der Waals surface area contributed by atoms with Crippen molar-refractivity contribution in [2.75, 3.05) is 31.1 Å². The number of piperazine rings is 1. The second-order valence-corrected chi connectivity index (χ2v) is 7.28. The molecule has 0 radical (unpaired) electrons. The van der Waals surface area contributed by atoms with E-state index in [0.29, 0.717) is 41.8 Å². The lowest BCUT2D eigenvalue weighted by atomic mass is 10.1. The van der Waals surface area contributed by atoms with E-state index in [9.17, 15) is 9.18 Å². The van der Waals surface area contributed by atoms with Crippen LogP contribution >= 0.6 is 22.6 Å². The molecule has 1 aliphatic heterocycles. The molecule has 4 rings (SSSR count). The zero-order chi connectivity index (χ0) is 18.1. The minimum absolute atomic E-state index is 0.0641. The molecule has 3 aromatic rings. The number of rotatable bonds is 3. The van der Waals surface area contributed by atoms with Crippen LogP contribution in [0.15, 0.2) is 36.7 Å². The number of nitrogens with zero attached hydrogens (tertiary/aromatic N) is 6. The molecular weight excluding hydrogens is 450 g/mol. The highest BCUT2D eigenvalue weighted by Crippen LogP contribution is 2.16. The molecule has 1 saturated heterocycles. The van der Waals surface area contributed by atoms with E-state index < -0.39 is 0 Å². The van der Waals surface area contributed by atoms with Gasteiger partial charge in [-0.25, -0.2) is 4.39 Å². The van der Waals surface area contributed by atoms with Gasteiger partial charge in [-0.05, 0) is 52.4 Å². The van der Waals surface area contributed by atoms with Gasteiger partial charge in [-0.1, -0.05) is 6.07 Å². The van der Waals surface area contributed by atoms with Gasteiger partial charge in [-0.3, -0.25) is 4.79 Å². The lowest BCUT2D eigenvalue weighted by Crippen LogP contribution is -2.49. The number of fused-ring (bicyclic) bond motifs is 1. The van der Waals surface area contributed by atoms with Crippen LogP contribution in [0.2, 0.25) is 0 Å². The summed E-state index contributed by atoms with van der Waals surface area (Å²) in [5, 5.41) is 12.3. The molecule has 1 aliphatic rings. The fourth-order valence-electron chi connectivity index (χ4n) is 3.01. The standard InChI is InChI=1S/C17H16FIN6O/c18-13-2-1-12(9-14(13)19)10-17(26)24-7-5-23(6-8-24)16-4-3-15-21-20-11-25(15)22-16/h1-4,9,11H,5-8,10H2. The van der Waals surface area contributed by atoms with Crippen LogP contribution in [-0.2, 0) is 11.2 Å². The van der Waals surface area contributed by atoms with E-state index in [0.717, 1.165) is 11.4 Å². The number of hydrogen-bond donors (Lipinski definition) is 0. The summed E-state index contributed by atoms with van der Waals surface area (Å²) < 4.78 is 15.5. The van der Waals surface area contributed by atoms with Crippen molar-refractivity contribution < 1.29 is 9.18 Å². The molecule has 0 spiro atoms. The Hall–Kier alpha value is -2.30. The van der Waals surface area contributed by atoms with Crippen molar-refractivity contribution in [3.05, 3.63) is 51.6 Å². The van der Waals surface area contributed by atoms with E-state index in [1.54, 1.807) is 23.0 Å². The van der Waals surface area contributed by atoms with Crippen LogP contribution in [0.1, 0.15) is 5.56 Å². The van der Waals surface area contributed by atoms with Crippen LogP contribution in [-0.4, -0.2) is 56.8 Å². The summed E-state index contributed by atoms with van der Waals surface area (Å²) in [6, 6.07) is 8.60. The Morgan fingerprint density at radius 3 is 2.73 bits per heavy atom. The van der Waals surface area contributed by atoms with E-state index in [2.05, 4.69) is 20.2 Å². The third kappa shape index (κ3) is 3.48. The number of aromatic nitrogens is 4. The molecule has 26 heavy (non-hydrogen) atoms. The number of halogens is 2. The minimum atomic E-state index is -0.257. The molecule has 2 aromatic heterocycles. The average Bonchev–Trinajstić information content (AvgIpc) is 3.12. The zero-order valence-electron chi connectivity index (χ0n) is 13.8. The minimum Gasteiger partial charge on any atom is -0.352 e. The van der Waals surface area contributed by atoms with Crippen molar-refractivity contribution in [1.82, 2.24) is 24.7 Å². The first-order chi connectivity index (χ1) is 12.6. The Labute approximate surface area is 162 Å². The van der Waals surface area contributed by atoms with Crippen LogP contribution in [0.4, 0.5) is 10.2 Å². The molecule has 0 saturated carbocycles. The fraction of sp³-hybridized carbons (Fsp3) is 0.294. The third-order valence-corrected chi connectivity index (χ3v) is 5.27. The molecule has 0 N–H and O–H groups in total. The molecule has 134 valence electrons. The maximum Gasteiger partial charge on any atom is 0.227 e. The highest BCUT2D eigenvalue weighted by Gasteiger charge is 2.22. The average molecular weight is 466 g/mol. The monoisotopic (exact) mass is 466 g/mol. The molecule has 1 aromatic carbocycles. The van der Waals surface area contributed by atoms with Crippen molar-refractivity contribution >= 4 is 40.0 Å². The van der Waals surface area contributed by atoms with Crippen LogP contribution in [0.25, 0.3) is 5.65 Å². The van der Waals surface area contributed by atoms with E-state index in [-0.39, 0.29) is 11.7 Å². The molecule has 3 heterocycles. The number of hydrogen-bond acceptors (Lipinski definition) is 5. The molecular formula is C17H16FIN6O. The van der Waals surface area contributed by atoms with Gasteiger partial charge in [-0.2, -0.15) is 4.52 Å². The second kappa shape index (κ2) is 7.14. The first kappa shape index (κ1) is 17.1. The maximum absolute atomic E-state index is 13.3. The van der Waals surface area contributed by atoms with E-state index in [1.807, 2.05) is 39.6 Å². The Morgan fingerprint density at radius 1 is 1.15 bits per heavy atom. The number of anilines is 1. The Kier molecular flexibility index (Phi) is 4.70. The van der Waals surface area contributed by atoms with Gasteiger partial charge in [0.25, 0.3) is 0 Å². The molecule has 0 unspecified atom stereocenters. The van der Waals surface area contributed by atoms with Crippen LogP contribution in [0.5, 0.6) is 0 Å².